The molecule has 0 bridgehead atoms. The average Bonchev–Trinajstić information content (AvgIpc) is 2.93. The molecule has 0 fully saturated rings. The number of aromatic nitrogens is 1. The van der Waals surface area contributed by atoms with Crippen LogP contribution in [0.2, 0.25) is 5.02 Å². The summed E-state index contributed by atoms with van der Waals surface area (Å²) in [5, 5.41) is 3.56. The molecule has 0 aliphatic carbocycles. The molecule has 1 heterocycles. The largest absolute Gasteiger partial charge is 0.486 e. The van der Waals surface area contributed by atoms with Gasteiger partial charge in [0, 0.05) is 23.9 Å². The zero-order chi connectivity index (χ0) is 16.8. The standard InChI is InChI=1S/C17H21ClN2O2S/c1-12(2)8-20(13(3)21)9-15-11-23-17(19-15)10-22-16-6-4-14(18)5-7-16/h4-7,11-12H,8-10H2,1-3H3. The van der Waals surface area contributed by atoms with E-state index in [9.17, 15) is 4.79 Å². The van der Waals surface area contributed by atoms with Gasteiger partial charge in [0.2, 0.25) is 5.91 Å². The molecule has 0 saturated heterocycles. The number of halogens is 1. The first-order valence-corrected chi connectivity index (χ1v) is 8.77. The fraction of sp³-hybridized carbons (Fsp3) is 0.412. The van der Waals surface area contributed by atoms with Gasteiger partial charge in [-0.2, -0.15) is 0 Å². The second kappa shape index (κ2) is 8.31. The fourth-order valence-electron chi connectivity index (χ4n) is 2.10. The lowest BCUT2D eigenvalue weighted by molar-refractivity contribution is -0.130. The third kappa shape index (κ3) is 5.84. The molecule has 0 aliphatic heterocycles. The number of thiazole rings is 1. The van der Waals surface area contributed by atoms with E-state index >= 15 is 0 Å². The summed E-state index contributed by atoms with van der Waals surface area (Å²) in [6.07, 6.45) is 0. The molecule has 1 amide bonds. The van der Waals surface area contributed by atoms with Crippen molar-refractivity contribution in [1.82, 2.24) is 9.88 Å². The Balaban J connectivity index is 1.91. The van der Waals surface area contributed by atoms with Crippen LogP contribution in [0.5, 0.6) is 5.75 Å². The summed E-state index contributed by atoms with van der Waals surface area (Å²) in [6.45, 7) is 7.50. The predicted octanol–water partition coefficient (Wildman–Crippen LogP) is 4.38. The Kier molecular flexibility index (Phi) is 6.42. The highest BCUT2D eigenvalue weighted by atomic mass is 35.5. The Morgan fingerprint density at radius 3 is 2.65 bits per heavy atom. The van der Waals surface area contributed by atoms with Crippen LogP contribution in [0, 0.1) is 5.92 Å². The van der Waals surface area contributed by atoms with E-state index in [1.54, 1.807) is 30.4 Å². The van der Waals surface area contributed by atoms with Crippen molar-refractivity contribution in [2.45, 2.75) is 33.9 Å². The second-order valence-corrected chi connectivity index (χ2v) is 7.15. The molecule has 0 saturated carbocycles. The third-order valence-corrected chi connectivity index (χ3v) is 4.28. The van der Waals surface area contributed by atoms with E-state index in [-0.39, 0.29) is 5.91 Å². The van der Waals surface area contributed by atoms with Crippen LogP contribution >= 0.6 is 22.9 Å². The molecule has 0 aliphatic rings. The monoisotopic (exact) mass is 352 g/mol. The van der Waals surface area contributed by atoms with Gasteiger partial charge >= 0.3 is 0 Å². The van der Waals surface area contributed by atoms with Crippen molar-refractivity contribution in [3.8, 4) is 5.75 Å². The molecule has 0 N–H and O–H groups in total. The summed E-state index contributed by atoms with van der Waals surface area (Å²) in [5.41, 5.74) is 0.903. The lowest BCUT2D eigenvalue weighted by Crippen LogP contribution is -2.31. The normalized spacial score (nSPS) is 10.8. The maximum atomic E-state index is 11.7. The van der Waals surface area contributed by atoms with Crippen LogP contribution < -0.4 is 4.74 Å². The molecule has 1 aromatic heterocycles. The van der Waals surface area contributed by atoms with E-state index in [0.717, 1.165) is 23.0 Å². The predicted molar refractivity (Wildman–Crippen MR) is 93.8 cm³/mol. The number of hydrogen-bond acceptors (Lipinski definition) is 4. The van der Waals surface area contributed by atoms with Crippen LogP contribution in [-0.4, -0.2) is 22.3 Å². The number of rotatable bonds is 7. The van der Waals surface area contributed by atoms with Gasteiger partial charge in [0.05, 0.1) is 12.2 Å². The van der Waals surface area contributed by atoms with Gasteiger partial charge < -0.3 is 9.64 Å². The lowest BCUT2D eigenvalue weighted by atomic mass is 10.2. The molecule has 6 heteroatoms. The minimum absolute atomic E-state index is 0.0747. The van der Waals surface area contributed by atoms with Crippen molar-refractivity contribution in [2.75, 3.05) is 6.54 Å². The molecule has 0 unspecified atom stereocenters. The van der Waals surface area contributed by atoms with E-state index in [0.29, 0.717) is 24.1 Å². The van der Waals surface area contributed by atoms with E-state index in [2.05, 4.69) is 18.8 Å². The number of carbonyl (C=O) groups excluding carboxylic acids is 1. The van der Waals surface area contributed by atoms with Gasteiger partial charge in [-0.3, -0.25) is 4.79 Å². The first kappa shape index (κ1) is 17.8. The van der Waals surface area contributed by atoms with Crippen molar-refractivity contribution in [2.24, 2.45) is 5.92 Å². The van der Waals surface area contributed by atoms with Crippen molar-refractivity contribution >= 4 is 28.8 Å². The summed E-state index contributed by atoms with van der Waals surface area (Å²) in [6, 6.07) is 7.25. The van der Waals surface area contributed by atoms with Crippen molar-refractivity contribution in [3.63, 3.8) is 0 Å². The number of hydrogen-bond donors (Lipinski definition) is 0. The van der Waals surface area contributed by atoms with Crippen LogP contribution in [0.1, 0.15) is 31.5 Å². The van der Waals surface area contributed by atoms with Crippen LogP contribution in [-0.2, 0) is 17.9 Å². The lowest BCUT2D eigenvalue weighted by Gasteiger charge is -2.22. The maximum absolute atomic E-state index is 11.7. The molecule has 124 valence electrons. The highest BCUT2D eigenvalue weighted by Gasteiger charge is 2.13. The zero-order valence-electron chi connectivity index (χ0n) is 13.6. The van der Waals surface area contributed by atoms with Gasteiger partial charge in [-0.1, -0.05) is 25.4 Å². The Morgan fingerprint density at radius 2 is 2.04 bits per heavy atom. The smallest absolute Gasteiger partial charge is 0.219 e. The Labute approximate surface area is 146 Å². The second-order valence-electron chi connectivity index (χ2n) is 5.77. The Hall–Kier alpha value is -1.59. The number of ether oxygens (including phenoxy) is 1. The maximum Gasteiger partial charge on any atom is 0.219 e. The van der Waals surface area contributed by atoms with E-state index in [1.165, 1.54) is 0 Å². The summed E-state index contributed by atoms with van der Waals surface area (Å²) < 4.78 is 5.69. The SMILES string of the molecule is CC(=O)N(Cc1csc(COc2ccc(Cl)cc2)n1)CC(C)C. The number of carbonyl (C=O) groups is 1. The molecule has 2 aromatic rings. The molecular formula is C17H21ClN2O2S. The van der Waals surface area contributed by atoms with E-state index in [4.69, 9.17) is 16.3 Å². The summed E-state index contributed by atoms with van der Waals surface area (Å²) in [5.74, 6) is 1.27. The Morgan fingerprint density at radius 1 is 1.35 bits per heavy atom. The van der Waals surface area contributed by atoms with Crippen LogP contribution in [0.3, 0.4) is 0 Å². The van der Waals surface area contributed by atoms with Crippen molar-refractivity contribution in [3.05, 3.63) is 45.4 Å². The first-order valence-electron chi connectivity index (χ1n) is 7.51. The average molecular weight is 353 g/mol. The van der Waals surface area contributed by atoms with Crippen LogP contribution in [0.4, 0.5) is 0 Å². The van der Waals surface area contributed by atoms with Gasteiger partial charge in [-0.05, 0) is 30.2 Å². The minimum Gasteiger partial charge on any atom is -0.486 e. The minimum atomic E-state index is 0.0747. The van der Waals surface area contributed by atoms with Crippen molar-refractivity contribution in [1.29, 1.82) is 0 Å². The van der Waals surface area contributed by atoms with Gasteiger partial charge in [-0.25, -0.2) is 4.98 Å². The number of benzene rings is 1. The van der Waals surface area contributed by atoms with Gasteiger partial charge in [0.15, 0.2) is 0 Å². The first-order chi connectivity index (χ1) is 10.9. The van der Waals surface area contributed by atoms with Gasteiger partial charge in [0.25, 0.3) is 0 Å². The molecule has 4 nitrogen and oxygen atoms in total. The molecule has 0 radical (unpaired) electrons. The molecule has 0 atom stereocenters. The van der Waals surface area contributed by atoms with E-state index in [1.807, 2.05) is 22.4 Å². The fourth-order valence-corrected chi connectivity index (χ4v) is 2.93. The molecule has 2 rings (SSSR count). The molecule has 23 heavy (non-hydrogen) atoms. The zero-order valence-corrected chi connectivity index (χ0v) is 15.2. The van der Waals surface area contributed by atoms with E-state index < -0.39 is 0 Å². The topological polar surface area (TPSA) is 42.4 Å². The van der Waals surface area contributed by atoms with Crippen LogP contribution in [0.15, 0.2) is 29.6 Å². The Bertz CT molecular complexity index is 640. The van der Waals surface area contributed by atoms with Gasteiger partial charge in [0.1, 0.15) is 17.4 Å². The summed E-state index contributed by atoms with van der Waals surface area (Å²) in [7, 11) is 0. The molecule has 1 aromatic carbocycles. The van der Waals surface area contributed by atoms with Gasteiger partial charge in [-0.15, -0.1) is 11.3 Å². The molecule has 0 spiro atoms. The quantitative estimate of drug-likeness (QED) is 0.742. The molecular weight excluding hydrogens is 332 g/mol. The number of nitrogens with zero attached hydrogens (tertiary/aromatic N) is 2. The number of amides is 1. The third-order valence-electron chi connectivity index (χ3n) is 3.16. The summed E-state index contributed by atoms with van der Waals surface area (Å²) in [4.78, 5) is 18.1. The van der Waals surface area contributed by atoms with Crippen LogP contribution in [0.25, 0.3) is 0 Å². The highest BCUT2D eigenvalue weighted by molar-refractivity contribution is 7.09. The van der Waals surface area contributed by atoms with Crippen molar-refractivity contribution < 1.29 is 9.53 Å². The highest BCUT2D eigenvalue weighted by Crippen LogP contribution is 2.19. The summed E-state index contributed by atoms with van der Waals surface area (Å²) >= 11 is 7.39.